The Bertz CT molecular complexity index is 2170. The van der Waals surface area contributed by atoms with Gasteiger partial charge in [0.25, 0.3) is 0 Å². The van der Waals surface area contributed by atoms with Gasteiger partial charge in [0.05, 0.1) is 11.1 Å². The van der Waals surface area contributed by atoms with Gasteiger partial charge in [0.2, 0.25) is 0 Å². The van der Waals surface area contributed by atoms with Gasteiger partial charge >= 0.3 is 12.4 Å². The van der Waals surface area contributed by atoms with Crippen molar-refractivity contribution < 1.29 is 35.1 Å². The van der Waals surface area contributed by atoms with Crippen molar-refractivity contribution in [2.75, 3.05) is 62.2 Å². The first-order valence-corrected chi connectivity index (χ1v) is 19.5. The molecule has 336 valence electrons. The van der Waals surface area contributed by atoms with E-state index < -0.39 is 23.5 Å². The quantitative estimate of drug-likeness (QED) is 0.142. The molecule has 2 saturated heterocycles. The number of anilines is 2. The summed E-state index contributed by atoms with van der Waals surface area (Å²) in [5.41, 5.74) is 5.71. The van der Waals surface area contributed by atoms with Crippen LogP contribution in [0.15, 0.2) is 134 Å². The second kappa shape index (κ2) is 22.6. The lowest BCUT2D eigenvalue weighted by molar-refractivity contribution is -0.138. The van der Waals surface area contributed by atoms with Crippen molar-refractivity contribution in [3.8, 4) is 22.3 Å². The zero-order valence-electron chi connectivity index (χ0n) is 33.7. The fraction of sp³-hybridized carbons (Fsp3) is 0.261. The molecule has 4 heterocycles. The van der Waals surface area contributed by atoms with Gasteiger partial charge in [-0.2, -0.15) is 26.3 Å². The van der Waals surface area contributed by atoms with Crippen LogP contribution in [0.1, 0.15) is 22.3 Å². The molecule has 0 aliphatic carbocycles. The van der Waals surface area contributed by atoms with Crippen LogP contribution in [0.3, 0.4) is 0 Å². The summed E-state index contributed by atoms with van der Waals surface area (Å²) < 4.78 is 104. The van der Waals surface area contributed by atoms with Crippen molar-refractivity contribution in [1.29, 1.82) is 0 Å². The van der Waals surface area contributed by atoms with E-state index in [0.29, 0.717) is 50.6 Å². The third-order valence-electron chi connectivity index (χ3n) is 10.6. The van der Waals surface area contributed by atoms with E-state index in [0.717, 1.165) is 71.7 Å². The monoisotopic (exact) mass is 938 g/mol. The van der Waals surface area contributed by atoms with Crippen LogP contribution < -0.4 is 9.80 Å². The van der Waals surface area contributed by atoms with Gasteiger partial charge in [0, 0.05) is 113 Å². The van der Waals surface area contributed by atoms with Crippen LogP contribution in [-0.2, 0) is 25.4 Å². The SMILES string of the molecule is Cl.Cl.Cl.Fc1ccc(-c2cncc(CN3CCN(c4cccc(C(F)(F)F)c4)CC3)c2)cc1.Fc1ccc(-c2cncc(CN3CCN(c4cccc(C(F)(F)F)c4)CC3)c2)cc1. The Hall–Kier alpha value is -4.99. The van der Waals surface area contributed by atoms with Crippen molar-refractivity contribution in [3.63, 3.8) is 0 Å². The van der Waals surface area contributed by atoms with Crippen molar-refractivity contribution in [3.05, 3.63) is 168 Å². The van der Waals surface area contributed by atoms with Crippen LogP contribution in [0, 0.1) is 11.6 Å². The molecule has 0 atom stereocenters. The van der Waals surface area contributed by atoms with E-state index >= 15 is 0 Å². The maximum atomic E-state index is 13.1. The number of alkyl halides is 6. The normalized spacial score (nSPS) is 14.7. The van der Waals surface area contributed by atoms with E-state index in [1.807, 2.05) is 34.3 Å². The van der Waals surface area contributed by atoms with Crippen LogP contribution in [0.2, 0.25) is 0 Å². The van der Waals surface area contributed by atoms with Crippen LogP contribution in [-0.4, -0.2) is 72.1 Å². The zero-order valence-corrected chi connectivity index (χ0v) is 36.2. The first kappa shape index (κ1) is 50.7. The molecule has 0 amide bonds. The highest BCUT2D eigenvalue weighted by Crippen LogP contribution is 2.33. The van der Waals surface area contributed by atoms with Gasteiger partial charge in [-0.25, -0.2) is 8.78 Å². The summed E-state index contributed by atoms with van der Waals surface area (Å²) in [5, 5.41) is 0. The number of hydrogen-bond acceptors (Lipinski definition) is 6. The highest BCUT2D eigenvalue weighted by molar-refractivity contribution is 5.86. The molecule has 0 N–H and O–H groups in total. The minimum Gasteiger partial charge on any atom is -0.369 e. The molecule has 2 aromatic heterocycles. The van der Waals surface area contributed by atoms with E-state index in [2.05, 4.69) is 19.8 Å². The number of rotatable bonds is 8. The van der Waals surface area contributed by atoms with Crippen molar-refractivity contribution in [2.24, 2.45) is 0 Å². The molecule has 0 saturated carbocycles. The van der Waals surface area contributed by atoms with E-state index in [1.165, 1.54) is 48.5 Å². The van der Waals surface area contributed by atoms with Gasteiger partial charge in [0.15, 0.2) is 0 Å². The lowest BCUT2D eigenvalue weighted by Gasteiger charge is -2.36. The molecular weight excluding hydrogens is 895 g/mol. The van der Waals surface area contributed by atoms with E-state index in [9.17, 15) is 35.1 Å². The number of pyridine rings is 2. The van der Waals surface area contributed by atoms with E-state index in [4.69, 9.17) is 0 Å². The number of halogens is 11. The molecule has 0 bridgehead atoms. The van der Waals surface area contributed by atoms with E-state index in [-0.39, 0.29) is 48.9 Å². The lowest BCUT2D eigenvalue weighted by atomic mass is 10.1. The number of hydrogen-bond donors (Lipinski definition) is 0. The minimum absolute atomic E-state index is 0. The summed E-state index contributed by atoms with van der Waals surface area (Å²) >= 11 is 0. The van der Waals surface area contributed by atoms with E-state index in [1.54, 1.807) is 48.8 Å². The predicted molar refractivity (Wildman–Crippen MR) is 239 cm³/mol. The molecule has 2 aliphatic rings. The highest BCUT2D eigenvalue weighted by atomic mass is 35.5. The Morgan fingerprint density at radius 3 is 1.10 bits per heavy atom. The standard InChI is InChI=1S/2C23H21F4N3.3ClH/c2*24-21-6-4-18(5-7-21)19-12-17(14-28-15-19)16-29-8-10-30(11-9-29)22-3-1-2-20(13-22)23(25,26)27;;;/h2*1-7,12-15H,8-11,16H2;3*1H. The van der Waals surface area contributed by atoms with Crippen molar-refractivity contribution >= 4 is 48.6 Å². The van der Waals surface area contributed by atoms with Crippen molar-refractivity contribution in [2.45, 2.75) is 25.4 Å². The molecule has 6 nitrogen and oxygen atoms in total. The molecule has 2 aliphatic heterocycles. The van der Waals surface area contributed by atoms with Crippen molar-refractivity contribution in [1.82, 2.24) is 19.8 Å². The zero-order chi connectivity index (χ0) is 42.3. The van der Waals surface area contributed by atoms with Gasteiger partial charge in [-0.15, -0.1) is 37.2 Å². The van der Waals surface area contributed by atoms with Crippen LogP contribution in [0.25, 0.3) is 22.3 Å². The Morgan fingerprint density at radius 2 is 0.762 bits per heavy atom. The van der Waals surface area contributed by atoms with Gasteiger partial charge < -0.3 is 9.80 Å². The van der Waals surface area contributed by atoms with Crippen LogP contribution >= 0.6 is 37.2 Å². The summed E-state index contributed by atoms with van der Waals surface area (Å²) in [6, 6.07) is 27.7. The third kappa shape index (κ3) is 14.0. The molecule has 6 aromatic rings. The Morgan fingerprint density at radius 1 is 0.413 bits per heavy atom. The largest absolute Gasteiger partial charge is 0.416 e. The molecule has 0 spiro atoms. The molecule has 4 aromatic carbocycles. The molecule has 8 rings (SSSR count). The maximum absolute atomic E-state index is 13.1. The summed E-state index contributed by atoms with van der Waals surface area (Å²) in [5.74, 6) is -0.553. The first-order chi connectivity index (χ1) is 28.8. The molecule has 0 radical (unpaired) electrons. The lowest BCUT2D eigenvalue weighted by Crippen LogP contribution is -2.46. The Balaban J connectivity index is 0.000000264. The number of nitrogens with zero attached hydrogens (tertiary/aromatic N) is 6. The summed E-state index contributed by atoms with van der Waals surface area (Å²) in [6.45, 7) is 7.04. The minimum atomic E-state index is -4.33. The molecule has 17 heteroatoms. The third-order valence-corrected chi connectivity index (χ3v) is 10.6. The Kier molecular flexibility index (Phi) is 18.1. The summed E-state index contributed by atoms with van der Waals surface area (Å²) in [4.78, 5) is 17.1. The van der Waals surface area contributed by atoms with Gasteiger partial charge in [0.1, 0.15) is 11.6 Å². The van der Waals surface area contributed by atoms with Crippen LogP contribution in [0.4, 0.5) is 46.5 Å². The van der Waals surface area contributed by atoms with Gasteiger partial charge in [-0.3, -0.25) is 19.8 Å². The average molecular weight is 940 g/mol. The number of piperazine rings is 2. The molecular formula is C46H45Cl3F8N6. The fourth-order valence-corrected chi connectivity index (χ4v) is 7.35. The fourth-order valence-electron chi connectivity index (χ4n) is 7.35. The van der Waals surface area contributed by atoms with Gasteiger partial charge in [-0.05, 0) is 95.1 Å². The second-order valence-electron chi connectivity index (χ2n) is 14.8. The second-order valence-corrected chi connectivity index (χ2v) is 14.8. The number of benzene rings is 4. The highest BCUT2D eigenvalue weighted by Gasteiger charge is 2.32. The first-order valence-electron chi connectivity index (χ1n) is 19.5. The average Bonchev–Trinajstić information content (AvgIpc) is 3.25. The summed E-state index contributed by atoms with van der Waals surface area (Å²) in [7, 11) is 0. The van der Waals surface area contributed by atoms with Crippen LogP contribution in [0.5, 0.6) is 0 Å². The molecule has 2 fully saturated rings. The number of aromatic nitrogens is 2. The smallest absolute Gasteiger partial charge is 0.369 e. The Labute approximate surface area is 379 Å². The molecule has 63 heavy (non-hydrogen) atoms. The maximum Gasteiger partial charge on any atom is 0.416 e. The topological polar surface area (TPSA) is 38.7 Å². The van der Waals surface area contributed by atoms with Gasteiger partial charge in [-0.1, -0.05) is 36.4 Å². The predicted octanol–water partition coefficient (Wildman–Crippen LogP) is 11.7. The molecule has 0 unspecified atom stereocenters. The summed E-state index contributed by atoms with van der Waals surface area (Å²) in [6.07, 6.45) is -1.54.